The van der Waals surface area contributed by atoms with E-state index < -0.39 is 27.8 Å². The monoisotopic (exact) mass is 253 g/mol. The van der Waals surface area contributed by atoms with E-state index in [1.807, 2.05) is 13.8 Å². The summed E-state index contributed by atoms with van der Waals surface area (Å²) < 4.78 is 29.4. The second-order valence-corrected chi connectivity index (χ2v) is 5.72. The predicted molar refractivity (Wildman–Crippen MR) is 59.3 cm³/mol. The molecule has 1 atom stereocenters. The number of esters is 1. The van der Waals surface area contributed by atoms with E-state index in [0.717, 1.165) is 7.11 Å². The van der Waals surface area contributed by atoms with Crippen molar-refractivity contribution in [1.82, 2.24) is 4.72 Å². The van der Waals surface area contributed by atoms with E-state index in [4.69, 9.17) is 5.11 Å². The first-order valence-electron chi connectivity index (χ1n) is 4.98. The highest BCUT2D eigenvalue weighted by atomic mass is 32.2. The fourth-order valence-electron chi connectivity index (χ4n) is 1.24. The summed E-state index contributed by atoms with van der Waals surface area (Å²) in [5.74, 6) is -1.30. The largest absolute Gasteiger partial charge is 0.468 e. The lowest BCUT2D eigenvalue weighted by Gasteiger charge is -2.17. The normalized spacial score (nSPS) is 13.8. The molecule has 0 aromatic heterocycles. The molecule has 0 aliphatic heterocycles. The molecule has 0 aromatic rings. The lowest BCUT2D eigenvalue weighted by molar-refractivity contribution is -0.137. The molecule has 1 unspecified atom stereocenters. The molecule has 0 aliphatic rings. The zero-order valence-electron chi connectivity index (χ0n) is 9.76. The second kappa shape index (κ2) is 6.82. The highest BCUT2D eigenvalue weighted by Crippen LogP contribution is 2.05. The highest BCUT2D eigenvalue weighted by molar-refractivity contribution is 7.90. The summed E-state index contributed by atoms with van der Waals surface area (Å²) in [6.45, 7) is 3.53. The molecule has 0 fully saturated rings. The van der Waals surface area contributed by atoms with Gasteiger partial charge in [-0.2, -0.15) is 0 Å². The van der Waals surface area contributed by atoms with E-state index in [1.165, 1.54) is 0 Å². The van der Waals surface area contributed by atoms with E-state index in [2.05, 4.69) is 9.46 Å². The minimum atomic E-state index is -3.73. The third-order valence-corrected chi connectivity index (χ3v) is 3.17. The highest BCUT2D eigenvalue weighted by Gasteiger charge is 2.21. The second-order valence-electron chi connectivity index (χ2n) is 3.96. The van der Waals surface area contributed by atoms with Gasteiger partial charge in [-0.15, -0.1) is 0 Å². The Bertz CT molecular complexity index is 312. The van der Waals surface area contributed by atoms with E-state index in [1.54, 1.807) is 0 Å². The molecule has 0 heterocycles. The minimum absolute atomic E-state index is 0.248. The Labute approximate surface area is 96.0 Å². The molecular formula is C9H19NO5S. The maximum Gasteiger partial charge on any atom is 0.322 e. The Kier molecular flexibility index (Phi) is 6.54. The molecule has 2 N–H and O–H groups in total. The van der Waals surface area contributed by atoms with Crippen LogP contribution in [0.5, 0.6) is 0 Å². The molecule has 0 aromatic carbocycles. The van der Waals surface area contributed by atoms with Crippen LogP contribution < -0.4 is 4.72 Å². The van der Waals surface area contributed by atoms with Gasteiger partial charge in [-0.3, -0.25) is 4.79 Å². The van der Waals surface area contributed by atoms with Gasteiger partial charge in [0.15, 0.2) is 5.75 Å². The van der Waals surface area contributed by atoms with Crippen molar-refractivity contribution in [3.05, 3.63) is 0 Å². The van der Waals surface area contributed by atoms with Crippen LogP contribution in [0.4, 0.5) is 0 Å². The van der Waals surface area contributed by atoms with Crippen LogP contribution >= 0.6 is 0 Å². The Balaban J connectivity index is 4.37. The van der Waals surface area contributed by atoms with Gasteiger partial charge in [0, 0.05) is 6.04 Å². The minimum Gasteiger partial charge on any atom is -0.468 e. The Morgan fingerprint density at radius 3 is 2.38 bits per heavy atom. The maximum atomic E-state index is 11.4. The van der Waals surface area contributed by atoms with E-state index in [0.29, 0.717) is 6.42 Å². The van der Waals surface area contributed by atoms with Crippen molar-refractivity contribution in [2.45, 2.75) is 26.3 Å². The van der Waals surface area contributed by atoms with E-state index in [-0.39, 0.29) is 12.5 Å². The van der Waals surface area contributed by atoms with Crippen molar-refractivity contribution in [3.63, 3.8) is 0 Å². The average Bonchev–Trinajstić information content (AvgIpc) is 2.14. The molecule has 0 amide bonds. The van der Waals surface area contributed by atoms with E-state index >= 15 is 0 Å². The quantitative estimate of drug-likeness (QED) is 0.596. The summed E-state index contributed by atoms with van der Waals surface area (Å²) in [5, 5.41) is 8.99. The molecule has 96 valence electrons. The molecule has 0 saturated heterocycles. The van der Waals surface area contributed by atoms with Crippen LogP contribution in [0.1, 0.15) is 20.3 Å². The third kappa shape index (κ3) is 6.76. The van der Waals surface area contributed by atoms with Gasteiger partial charge in [0.2, 0.25) is 10.0 Å². The molecule has 0 aliphatic carbocycles. The van der Waals surface area contributed by atoms with Crippen molar-refractivity contribution in [3.8, 4) is 0 Å². The number of aliphatic hydroxyl groups is 1. The molecular weight excluding hydrogens is 234 g/mol. The molecule has 0 spiro atoms. The smallest absolute Gasteiger partial charge is 0.322 e. The number of nitrogens with one attached hydrogen (secondary N) is 1. The van der Waals surface area contributed by atoms with Crippen LogP contribution in [0.15, 0.2) is 0 Å². The van der Waals surface area contributed by atoms with Crippen LogP contribution in [0, 0.1) is 5.92 Å². The summed E-state index contributed by atoms with van der Waals surface area (Å²) in [7, 11) is -2.61. The molecule has 0 rings (SSSR count). The van der Waals surface area contributed by atoms with Gasteiger partial charge >= 0.3 is 5.97 Å². The van der Waals surface area contributed by atoms with Crippen molar-refractivity contribution < 1.29 is 23.1 Å². The molecule has 6 nitrogen and oxygen atoms in total. The molecule has 7 heteroatoms. The number of carbonyl (C=O) groups excluding carboxylic acids is 1. The Morgan fingerprint density at radius 1 is 1.44 bits per heavy atom. The first-order valence-corrected chi connectivity index (χ1v) is 6.63. The third-order valence-electron chi connectivity index (χ3n) is 1.86. The number of carbonyl (C=O) groups is 1. The molecule has 0 saturated carbocycles. The van der Waals surface area contributed by atoms with Crippen molar-refractivity contribution >= 4 is 16.0 Å². The van der Waals surface area contributed by atoms with Crippen molar-refractivity contribution in [1.29, 1.82) is 0 Å². The number of hydrogen-bond acceptors (Lipinski definition) is 5. The maximum absolute atomic E-state index is 11.4. The topological polar surface area (TPSA) is 92.7 Å². The zero-order valence-corrected chi connectivity index (χ0v) is 10.6. The number of methoxy groups -OCH3 is 1. The lowest BCUT2D eigenvalue weighted by Crippen LogP contribution is -2.41. The number of ether oxygens (including phenoxy) is 1. The fourth-order valence-corrected chi connectivity index (χ4v) is 2.43. The van der Waals surface area contributed by atoms with Gasteiger partial charge in [0.1, 0.15) is 0 Å². The van der Waals surface area contributed by atoms with Crippen LogP contribution in [-0.4, -0.2) is 45.0 Å². The number of rotatable bonds is 7. The van der Waals surface area contributed by atoms with E-state index in [9.17, 15) is 13.2 Å². The Hall–Kier alpha value is -0.660. The summed E-state index contributed by atoms with van der Waals surface area (Å²) in [6, 6.07) is -0.561. The molecule has 0 radical (unpaired) electrons. The van der Waals surface area contributed by atoms with Gasteiger partial charge in [0.25, 0.3) is 0 Å². The van der Waals surface area contributed by atoms with Gasteiger partial charge in [-0.05, 0) is 12.3 Å². The number of aliphatic hydroxyl groups excluding tert-OH is 1. The van der Waals surface area contributed by atoms with Crippen LogP contribution in [0.2, 0.25) is 0 Å². The first kappa shape index (κ1) is 15.3. The SMILES string of the molecule is COC(=O)CS(=O)(=O)NC(CO)CC(C)C. The summed E-state index contributed by atoms with van der Waals surface area (Å²) in [5.41, 5.74) is 0. The summed E-state index contributed by atoms with van der Waals surface area (Å²) >= 11 is 0. The van der Waals surface area contributed by atoms with Crippen molar-refractivity contribution in [2.24, 2.45) is 5.92 Å². The predicted octanol–water partition coefficient (Wildman–Crippen LogP) is -0.514. The average molecular weight is 253 g/mol. The van der Waals surface area contributed by atoms with Crippen LogP contribution in [0.25, 0.3) is 0 Å². The number of sulfonamides is 1. The first-order chi connectivity index (χ1) is 7.30. The van der Waals surface area contributed by atoms with Crippen LogP contribution in [-0.2, 0) is 19.6 Å². The van der Waals surface area contributed by atoms with Gasteiger partial charge in [0.05, 0.1) is 13.7 Å². The van der Waals surface area contributed by atoms with Crippen molar-refractivity contribution in [2.75, 3.05) is 19.5 Å². The van der Waals surface area contributed by atoms with Gasteiger partial charge in [-0.25, -0.2) is 13.1 Å². The molecule has 0 bridgehead atoms. The van der Waals surface area contributed by atoms with Gasteiger partial charge < -0.3 is 9.84 Å². The van der Waals surface area contributed by atoms with Gasteiger partial charge in [-0.1, -0.05) is 13.8 Å². The lowest BCUT2D eigenvalue weighted by atomic mass is 10.1. The standard InChI is InChI=1S/C9H19NO5S/c1-7(2)4-8(5-11)10-16(13,14)6-9(12)15-3/h7-8,10-11H,4-6H2,1-3H3. The van der Waals surface area contributed by atoms with Crippen LogP contribution in [0.3, 0.4) is 0 Å². The Morgan fingerprint density at radius 2 is 2.00 bits per heavy atom. The zero-order chi connectivity index (χ0) is 12.8. The summed E-state index contributed by atoms with van der Waals surface area (Å²) in [6.07, 6.45) is 0.511. The molecule has 16 heavy (non-hydrogen) atoms. The fraction of sp³-hybridized carbons (Fsp3) is 0.889. The summed E-state index contributed by atoms with van der Waals surface area (Å²) in [4.78, 5) is 10.8. The number of hydrogen-bond donors (Lipinski definition) is 2.